The molecule has 0 saturated carbocycles. The Morgan fingerprint density at radius 2 is 1.12 bits per heavy atom. The molecular formula is C21H20N4. The molecule has 0 unspecified atom stereocenters. The van der Waals surface area contributed by atoms with E-state index in [2.05, 4.69) is 27.4 Å². The average Bonchev–Trinajstić information content (AvgIpc) is 2.62. The van der Waals surface area contributed by atoms with Gasteiger partial charge in [-0.1, -0.05) is 35.9 Å². The van der Waals surface area contributed by atoms with Crippen molar-refractivity contribution >= 4 is 22.7 Å². The van der Waals surface area contributed by atoms with Crippen LogP contribution in [0.25, 0.3) is 0 Å². The lowest BCUT2D eigenvalue weighted by atomic mass is 10.2. The third kappa shape index (κ3) is 4.44. The van der Waals surface area contributed by atoms with Gasteiger partial charge in [0, 0.05) is 0 Å². The van der Waals surface area contributed by atoms with Gasteiger partial charge >= 0.3 is 0 Å². The largest absolute Gasteiger partial charge is 0.151 e. The molecule has 0 atom stereocenters. The van der Waals surface area contributed by atoms with E-state index in [1.807, 2.05) is 80.6 Å². The first-order valence-electron chi connectivity index (χ1n) is 8.18. The fourth-order valence-electron chi connectivity index (χ4n) is 2.32. The minimum absolute atomic E-state index is 0.801. The first kappa shape index (κ1) is 16.7. The van der Waals surface area contributed by atoms with Gasteiger partial charge < -0.3 is 0 Å². The Hall–Kier alpha value is -3.14. The molecule has 0 aliphatic carbocycles. The number of rotatable bonds is 4. The Kier molecular flexibility index (Phi) is 5.09. The van der Waals surface area contributed by atoms with E-state index < -0.39 is 0 Å². The zero-order valence-corrected chi connectivity index (χ0v) is 14.6. The molecule has 3 aromatic rings. The van der Waals surface area contributed by atoms with Gasteiger partial charge in [0.15, 0.2) is 0 Å². The Balaban J connectivity index is 1.76. The van der Waals surface area contributed by atoms with Gasteiger partial charge in [0.2, 0.25) is 0 Å². The normalized spacial score (nSPS) is 11.5. The van der Waals surface area contributed by atoms with Crippen LogP contribution in [0.3, 0.4) is 0 Å². The van der Waals surface area contributed by atoms with E-state index in [0.29, 0.717) is 0 Å². The van der Waals surface area contributed by atoms with Gasteiger partial charge in [0.05, 0.1) is 22.7 Å². The molecular weight excluding hydrogens is 308 g/mol. The third-order valence-corrected chi connectivity index (χ3v) is 3.88. The smallest absolute Gasteiger partial charge is 0.0887 e. The van der Waals surface area contributed by atoms with Gasteiger partial charge in [-0.3, -0.25) is 0 Å². The van der Waals surface area contributed by atoms with E-state index in [1.54, 1.807) is 0 Å². The standard InChI is InChI=1S/C21H20N4/c1-15-8-10-18(11-9-15)22-25-21-13-12-19(14-17(21)3)23-24-20-7-5-4-6-16(20)2/h4-14H,1-3H3. The van der Waals surface area contributed by atoms with Crippen LogP contribution in [-0.4, -0.2) is 0 Å². The summed E-state index contributed by atoms with van der Waals surface area (Å²) in [7, 11) is 0. The summed E-state index contributed by atoms with van der Waals surface area (Å²) in [6, 6.07) is 21.7. The van der Waals surface area contributed by atoms with Crippen molar-refractivity contribution in [3.05, 3.63) is 83.4 Å². The number of hydrogen-bond donors (Lipinski definition) is 0. The van der Waals surface area contributed by atoms with E-state index in [1.165, 1.54) is 5.56 Å². The third-order valence-electron chi connectivity index (χ3n) is 3.88. The van der Waals surface area contributed by atoms with Crippen molar-refractivity contribution in [1.29, 1.82) is 0 Å². The second-order valence-electron chi connectivity index (χ2n) is 5.99. The predicted molar refractivity (Wildman–Crippen MR) is 102 cm³/mol. The summed E-state index contributed by atoms with van der Waals surface area (Å²) in [4.78, 5) is 0. The first-order valence-corrected chi connectivity index (χ1v) is 8.18. The van der Waals surface area contributed by atoms with Gasteiger partial charge in [-0.15, -0.1) is 0 Å². The molecule has 0 amide bonds. The predicted octanol–water partition coefficient (Wildman–Crippen LogP) is 7.44. The van der Waals surface area contributed by atoms with Crippen LogP contribution >= 0.6 is 0 Å². The highest BCUT2D eigenvalue weighted by molar-refractivity contribution is 5.54. The molecule has 0 aromatic heterocycles. The number of nitrogens with zero attached hydrogens (tertiary/aromatic N) is 4. The maximum Gasteiger partial charge on any atom is 0.0887 e. The first-order chi connectivity index (χ1) is 12.1. The van der Waals surface area contributed by atoms with Gasteiger partial charge in [0.25, 0.3) is 0 Å². The van der Waals surface area contributed by atoms with E-state index in [0.717, 1.165) is 33.9 Å². The van der Waals surface area contributed by atoms with Crippen LogP contribution in [-0.2, 0) is 0 Å². The maximum absolute atomic E-state index is 4.33. The zero-order valence-electron chi connectivity index (χ0n) is 14.6. The van der Waals surface area contributed by atoms with Crippen LogP contribution in [0.2, 0.25) is 0 Å². The van der Waals surface area contributed by atoms with Crippen molar-refractivity contribution in [3.8, 4) is 0 Å². The van der Waals surface area contributed by atoms with Gasteiger partial charge in [-0.05, 0) is 68.3 Å². The van der Waals surface area contributed by atoms with Gasteiger partial charge in [-0.25, -0.2) is 0 Å². The maximum atomic E-state index is 4.33. The molecule has 0 heterocycles. The summed E-state index contributed by atoms with van der Waals surface area (Å²) in [6.07, 6.45) is 0. The molecule has 0 aliphatic rings. The molecule has 4 heteroatoms. The van der Waals surface area contributed by atoms with Crippen molar-refractivity contribution in [3.63, 3.8) is 0 Å². The monoisotopic (exact) mass is 328 g/mol. The highest BCUT2D eigenvalue weighted by Crippen LogP contribution is 2.28. The molecule has 3 rings (SSSR count). The SMILES string of the molecule is Cc1ccc(N=Nc2ccc(N=Nc3ccccc3C)cc2C)cc1. The van der Waals surface area contributed by atoms with Crippen LogP contribution in [0.5, 0.6) is 0 Å². The fraction of sp³-hybridized carbons (Fsp3) is 0.143. The molecule has 0 N–H and O–H groups in total. The van der Waals surface area contributed by atoms with Crippen molar-refractivity contribution in [2.24, 2.45) is 20.5 Å². The Morgan fingerprint density at radius 3 is 1.80 bits per heavy atom. The highest BCUT2D eigenvalue weighted by atomic mass is 15.1. The Bertz CT molecular complexity index is 925. The molecule has 0 aliphatic heterocycles. The summed E-state index contributed by atoms with van der Waals surface area (Å²) in [5.74, 6) is 0. The average molecular weight is 328 g/mol. The lowest BCUT2D eigenvalue weighted by molar-refractivity contribution is 1.18. The topological polar surface area (TPSA) is 49.4 Å². The summed E-state index contributed by atoms with van der Waals surface area (Å²) < 4.78 is 0. The Morgan fingerprint density at radius 1 is 0.520 bits per heavy atom. The number of hydrogen-bond acceptors (Lipinski definition) is 4. The second-order valence-corrected chi connectivity index (χ2v) is 5.99. The van der Waals surface area contributed by atoms with E-state index in [9.17, 15) is 0 Å². The molecule has 0 fully saturated rings. The molecule has 3 aromatic carbocycles. The van der Waals surface area contributed by atoms with Crippen molar-refractivity contribution in [2.75, 3.05) is 0 Å². The van der Waals surface area contributed by atoms with Gasteiger partial charge in [-0.2, -0.15) is 20.5 Å². The van der Waals surface area contributed by atoms with Crippen molar-refractivity contribution in [1.82, 2.24) is 0 Å². The van der Waals surface area contributed by atoms with Crippen LogP contribution in [0.15, 0.2) is 87.2 Å². The van der Waals surface area contributed by atoms with Crippen LogP contribution in [0.4, 0.5) is 22.7 Å². The molecule has 4 nitrogen and oxygen atoms in total. The number of benzene rings is 3. The van der Waals surface area contributed by atoms with Crippen LogP contribution < -0.4 is 0 Å². The molecule has 25 heavy (non-hydrogen) atoms. The molecule has 0 spiro atoms. The summed E-state index contributed by atoms with van der Waals surface area (Å²) in [5, 5.41) is 17.3. The highest BCUT2D eigenvalue weighted by Gasteiger charge is 2.00. The fourth-order valence-corrected chi connectivity index (χ4v) is 2.32. The molecule has 124 valence electrons. The minimum atomic E-state index is 0.801. The van der Waals surface area contributed by atoms with E-state index >= 15 is 0 Å². The quantitative estimate of drug-likeness (QED) is 0.447. The van der Waals surface area contributed by atoms with Crippen molar-refractivity contribution in [2.45, 2.75) is 20.8 Å². The lowest BCUT2D eigenvalue weighted by Crippen LogP contribution is -1.75. The summed E-state index contributed by atoms with van der Waals surface area (Å²) in [5.41, 5.74) is 6.67. The summed E-state index contributed by atoms with van der Waals surface area (Å²) >= 11 is 0. The van der Waals surface area contributed by atoms with Crippen LogP contribution in [0, 0.1) is 20.8 Å². The van der Waals surface area contributed by atoms with E-state index in [-0.39, 0.29) is 0 Å². The molecule has 0 bridgehead atoms. The number of azo groups is 2. The zero-order chi connectivity index (χ0) is 17.6. The minimum Gasteiger partial charge on any atom is -0.151 e. The van der Waals surface area contributed by atoms with Crippen molar-refractivity contribution < 1.29 is 0 Å². The van der Waals surface area contributed by atoms with Crippen LogP contribution in [0.1, 0.15) is 16.7 Å². The van der Waals surface area contributed by atoms with Gasteiger partial charge in [0.1, 0.15) is 0 Å². The lowest BCUT2D eigenvalue weighted by Gasteiger charge is -2.01. The molecule has 0 saturated heterocycles. The number of aryl methyl sites for hydroxylation is 3. The summed E-state index contributed by atoms with van der Waals surface area (Å²) in [6.45, 7) is 6.07. The van der Waals surface area contributed by atoms with E-state index in [4.69, 9.17) is 0 Å². The second kappa shape index (κ2) is 7.62. The Labute approximate surface area is 148 Å². The molecule has 0 radical (unpaired) electrons.